The number of para-hydroxylation sites is 2. The summed E-state index contributed by atoms with van der Waals surface area (Å²) in [6.07, 6.45) is 0.792. The Bertz CT molecular complexity index is 637. The average molecular weight is 345 g/mol. The third-order valence-corrected chi connectivity index (χ3v) is 4.54. The summed E-state index contributed by atoms with van der Waals surface area (Å²) in [7, 11) is 0. The van der Waals surface area contributed by atoms with Gasteiger partial charge < -0.3 is 14.5 Å². The number of benzene rings is 1. The van der Waals surface area contributed by atoms with Crippen molar-refractivity contribution < 1.29 is 14.4 Å². The molecule has 1 fully saturated rings. The maximum absolute atomic E-state index is 11.3. The first-order chi connectivity index (χ1) is 12.0. The van der Waals surface area contributed by atoms with Gasteiger partial charge in [-0.05, 0) is 26.0 Å². The number of hydrogen-bond donors (Lipinski definition) is 0. The molecule has 6 heteroatoms. The maximum atomic E-state index is 11.3. The van der Waals surface area contributed by atoms with Gasteiger partial charge in [0.25, 0.3) is 0 Å². The number of nitrogens with zero attached hydrogens (tertiary/aromatic N) is 3. The van der Waals surface area contributed by atoms with Crippen LogP contribution in [0.25, 0.3) is 0 Å². The SMILES string of the molecule is CC(=O)C1=NO[C@@H](CN2CCN(c3ccccc3OC(C)C)CC2)C1. The summed E-state index contributed by atoms with van der Waals surface area (Å²) >= 11 is 0. The zero-order chi connectivity index (χ0) is 17.8. The highest BCUT2D eigenvalue weighted by Crippen LogP contribution is 2.29. The molecule has 1 aromatic rings. The first-order valence-electron chi connectivity index (χ1n) is 8.99. The lowest BCUT2D eigenvalue weighted by atomic mass is 10.1. The van der Waals surface area contributed by atoms with Crippen molar-refractivity contribution in [3.8, 4) is 5.75 Å². The number of anilines is 1. The summed E-state index contributed by atoms with van der Waals surface area (Å²) in [5, 5.41) is 3.90. The Morgan fingerprint density at radius 1 is 1.28 bits per heavy atom. The van der Waals surface area contributed by atoms with Crippen LogP contribution in [0.5, 0.6) is 5.75 Å². The number of rotatable bonds is 6. The molecule has 2 aliphatic heterocycles. The topological polar surface area (TPSA) is 54.4 Å². The van der Waals surface area contributed by atoms with E-state index in [-0.39, 0.29) is 18.0 Å². The van der Waals surface area contributed by atoms with Gasteiger partial charge in [0.2, 0.25) is 0 Å². The van der Waals surface area contributed by atoms with Crippen LogP contribution in [0, 0.1) is 0 Å². The van der Waals surface area contributed by atoms with Gasteiger partial charge >= 0.3 is 0 Å². The number of carbonyl (C=O) groups excluding carboxylic acids is 1. The van der Waals surface area contributed by atoms with Gasteiger partial charge in [-0.3, -0.25) is 9.69 Å². The van der Waals surface area contributed by atoms with Gasteiger partial charge in [-0.2, -0.15) is 0 Å². The molecule has 0 bridgehead atoms. The quantitative estimate of drug-likeness (QED) is 0.792. The highest BCUT2D eigenvalue weighted by Gasteiger charge is 2.28. The zero-order valence-corrected chi connectivity index (χ0v) is 15.3. The Hall–Kier alpha value is -2.08. The van der Waals surface area contributed by atoms with E-state index >= 15 is 0 Å². The predicted molar refractivity (Wildman–Crippen MR) is 98.5 cm³/mol. The molecule has 0 amide bonds. The standard InChI is InChI=1S/C19H27N3O3/c1-14(2)24-19-7-5-4-6-18(19)22-10-8-21(9-11-22)13-16-12-17(15(3)23)20-25-16/h4-7,14,16H,8-13H2,1-3H3/t16-/m1/s1. The second kappa shape index (κ2) is 7.87. The minimum absolute atomic E-state index is 0.00186. The van der Waals surface area contributed by atoms with Crippen molar-refractivity contribution >= 4 is 17.2 Å². The lowest BCUT2D eigenvalue weighted by molar-refractivity contribution is -0.111. The van der Waals surface area contributed by atoms with Gasteiger partial charge in [-0.1, -0.05) is 17.3 Å². The van der Waals surface area contributed by atoms with Gasteiger partial charge in [0.1, 0.15) is 17.6 Å². The monoisotopic (exact) mass is 345 g/mol. The van der Waals surface area contributed by atoms with E-state index in [1.54, 1.807) is 6.92 Å². The molecular formula is C19H27N3O3. The number of piperazine rings is 1. The van der Waals surface area contributed by atoms with Crippen molar-refractivity contribution in [3.63, 3.8) is 0 Å². The first kappa shape index (κ1) is 17.7. The number of ether oxygens (including phenoxy) is 1. The molecule has 0 saturated carbocycles. The van der Waals surface area contributed by atoms with E-state index in [9.17, 15) is 4.79 Å². The van der Waals surface area contributed by atoms with Gasteiger partial charge in [-0.25, -0.2) is 0 Å². The van der Waals surface area contributed by atoms with Crippen LogP contribution in [0.15, 0.2) is 29.4 Å². The summed E-state index contributed by atoms with van der Waals surface area (Å²) in [4.78, 5) is 21.5. The Labute approximate surface area is 149 Å². The predicted octanol–water partition coefficient (Wildman–Crippen LogP) is 2.33. The van der Waals surface area contributed by atoms with E-state index in [2.05, 4.69) is 27.1 Å². The smallest absolute Gasteiger partial charge is 0.177 e. The number of ketones is 1. The first-order valence-corrected chi connectivity index (χ1v) is 8.99. The molecule has 1 saturated heterocycles. The van der Waals surface area contributed by atoms with Gasteiger partial charge in [-0.15, -0.1) is 0 Å². The Balaban J connectivity index is 1.52. The summed E-state index contributed by atoms with van der Waals surface area (Å²) in [6.45, 7) is 10.3. The van der Waals surface area contributed by atoms with Crippen LogP contribution >= 0.6 is 0 Å². The van der Waals surface area contributed by atoms with Crippen LogP contribution in [0.3, 0.4) is 0 Å². The van der Waals surface area contributed by atoms with Crippen LogP contribution < -0.4 is 9.64 Å². The van der Waals surface area contributed by atoms with Crippen molar-refractivity contribution in [2.24, 2.45) is 5.16 Å². The minimum Gasteiger partial charge on any atom is -0.489 e. The molecule has 1 atom stereocenters. The number of oxime groups is 1. The summed E-state index contributed by atoms with van der Waals surface area (Å²) in [5.74, 6) is 0.957. The second-order valence-corrected chi connectivity index (χ2v) is 6.95. The molecular weight excluding hydrogens is 318 g/mol. The van der Waals surface area contributed by atoms with Crippen molar-refractivity contribution in [3.05, 3.63) is 24.3 Å². The molecule has 6 nitrogen and oxygen atoms in total. The molecule has 0 unspecified atom stereocenters. The molecule has 0 radical (unpaired) electrons. The highest BCUT2D eigenvalue weighted by molar-refractivity contribution is 6.39. The fraction of sp³-hybridized carbons (Fsp3) is 0.579. The van der Waals surface area contributed by atoms with Crippen LogP contribution in [-0.4, -0.2) is 61.3 Å². The molecule has 25 heavy (non-hydrogen) atoms. The lowest BCUT2D eigenvalue weighted by Crippen LogP contribution is -2.48. The summed E-state index contributed by atoms with van der Waals surface area (Å²) in [6, 6.07) is 8.23. The Morgan fingerprint density at radius 2 is 2.00 bits per heavy atom. The van der Waals surface area contributed by atoms with Gasteiger partial charge in [0, 0.05) is 46.1 Å². The van der Waals surface area contributed by atoms with E-state index in [1.165, 1.54) is 0 Å². The molecule has 0 aromatic heterocycles. The molecule has 1 aromatic carbocycles. The zero-order valence-electron chi connectivity index (χ0n) is 15.3. The highest BCUT2D eigenvalue weighted by atomic mass is 16.6. The molecule has 3 rings (SSSR count). The second-order valence-electron chi connectivity index (χ2n) is 6.95. The van der Waals surface area contributed by atoms with E-state index in [0.29, 0.717) is 12.1 Å². The molecule has 2 aliphatic rings. The molecule has 136 valence electrons. The lowest BCUT2D eigenvalue weighted by Gasteiger charge is -2.37. The number of carbonyl (C=O) groups is 1. The van der Waals surface area contributed by atoms with Gasteiger partial charge in [0.05, 0.1) is 11.8 Å². The van der Waals surface area contributed by atoms with Crippen molar-refractivity contribution in [1.82, 2.24) is 4.90 Å². The Morgan fingerprint density at radius 3 is 2.64 bits per heavy atom. The Kier molecular flexibility index (Phi) is 5.58. The normalized spacial score (nSPS) is 21.2. The fourth-order valence-corrected chi connectivity index (χ4v) is 3.27. The van der Waals surface area contributed by atoms with E-state index in [4.69, 9.17) is 9.57 Å². The van der Waals surface area contributed by atoms with Crippen molar-refractivity contribution in [2.45, 2.75) is 39.4 Å². The van der Waals surface area contributed by atoms with Gasteiger partial charge in [0.15, 0.2) is 5.78 Å². The molecule has 2 heterocycles. The van der Waals surface area contributed by atoms with Crippen molar-refractivity contribution in [2.75, 3.05) is 37.6 Å². The minimum atomic E-state index is 0.00186. The molecule has 0 spiro atoms. The summed E-state index contributed by atoms with van der Waals surface area (Å²) in [5.41, 5.74) is 1.72. The van der Waals surface area contributed by atoms with E-state index < -0.39 is 0 Å². The maximum Gasteiger partial charge on any atom is 0.177 e. The van der Waals surface area contributed by atoms with E-state index in [0.717, 1.165) is 44.2 Å². The van der Waals surface area contributed by atoms with Crippen LogP contribution in [0.1, 0.15) is 27.2 Å². The van der Waals surface area contributed by atoms with Crippen LogP contribution in [-0.2, 0) is 9.63 Å². The van der Waals surface area contributed by atoms with Crippen LogP contribution in [0.4, 0.5) is 5.69 Å². The van der Waals surface area contributed by atoms with E-state index in [1.807, 2.05) is 26.0 Å². The van der Waals surface area contributed by atoms with Crippen LogP contribution in [0.2, 0.25) is 0 Å². The number of Topliss-reactive ketones (excluding diaryl/α,β-unsaturated/α-hetero) is 1. The molecule has 0 aliphatic carbocycles. The van der Waals surface area contributed by atoms with Crippen molar-refractivity contribution in [1.29, 1.82) is 0 Å². The molecule has 0 N–H and O–H groups in total. The third kappa shape index (κ3) is 4.51. The summed E-state index contributed by atoms with van der Waals surface area (Å²) < 4.78 is 5.94. The third-order valence-electron chi connectivity index (χ3n) is 4.54. The fourth-order valence-electron chi connectivity index (χ4n) is 3.27. The number of hydrogen-bond acceptors (Lipinski definition) is 6. The average Bonchev–Trinajstić information content (AvgIpc) is 3.04. The largest absolute Gasteiger partial charge is 0.489 e.